The number of hydrogen-bond acceptors (Lipinski definition) is 2. The number of aromatic hydroxyl groups is 1. The Labute approximate surface area is 89.5 Å². The summed E-state index contributed by atoms with van der Waals surface area (Å²) in [6.45, 7) is 0. The zero-order valence-electron chi connectivity index (χ0n) is 6.55. The molecule has 0 atom stereocenters. The third kappa shape index (κ3) is 1.39. The normalized spacial score (nSPS) is 10.9. The first-order chi connectivity index (χ1) is 6.24. The van der Waals surface area contributed by atoms with Crippen molar-refractivity contribution in [2.75, 3.05) is 0 Å². The highest BCUT2D eigenvalue weighted by Crippen LogP contribution is 2.37. The lowest BCUT2D eigenvalue weighted by Crippen LogP contribution is -1.80. The predicted molar refractivity (Wildman–Crippen MR) is 58.1 cm³/mol. The van der Waals surface area contributed by atoms with Gasteiger partial charge < -0.3 is 5.11 Å². The minimum Gasteiger partial charge on any atom is -0.506 e. The van der Waals surface area contributed by atoms with Gasteiger partial charge in [0.05, 0.1) is 9.72 Å². The molecular weight excluding hydrogens is 227 g/mol. The fourth-order valence-corrected chi connectivity index (χ4v) is 2.68. The highest BCUT2D eigenvalue weighted by Gasteiger charge is 2.09. The van der Waals surface area contributed by atoms with E-state index in [1.54, 1.807) is 6.07 Å². The molecule has 1 aromatic carbocycles. The van der Waals surface area contributed by atoms with Gasteiger partial charge >= 0.3 is 0 Å². The summed E-state index contributed by atoms with van der Waals surface area (Å²) in [6, 6.07) is 3.51. The van der Waals surface area contributed by atoms with Crippen LogP contribution in [0.2, 0.25) is 5.02 Å². The lowest BCUT2D eigenvalue weighted by atomic mass is 10.2. The third-order valence-corrected chi connectivity index (χ3v) is 3.54. The van der Waals surface area contributed by atoms with Crippen LogP contribution in [0.5, 0.6) is 5.75 Å². The van der Waals surface area contributed by atoms with E-state index in [4.69, 9.17) is 23.2 Å². The summed E-state index contributed by atoms with van der Waals surface area (Å²) >= 11 is 13.2. The molecule has 2 rings (SSSR count). The summed E-state index contributed by atoms with van der Waals surface area (Å²) in [5.74, 6) is 0.572. The monoisotopic (exact) mass is 232 g/mol. The molecule has 0 radical (unpaired) electrons. The van der Waals surface area contributed by atoms with E-state index in [9.17, 15) is 5.11 Å². The van der Waals surface area contributed by atoms with Crippen molar-refractivity contribution in [2.24, 2.45) is 0 Å². The van der Waals surface area contributed by atoms with E-state index in [1.807, 2.05) is 11.4 Å². The lowest BCUT2D eigenvalue weighted by Gasteiger charge is -2.03. The second-order valence-electron chi connectivity index (χ2n) is 2.67. The van der Waals surface area contributed by atoms with Crippen molar-refractivity contribution in [2.45, 2.75) is 5.88 Å². The topological polar surface area (TPSA) is 20.2 Å². The van der Waals surface area contributed by atoms with Gasteiger partial charge in [-0.1, -0.05) is 11.6 Å². The summed E-state index contributed by atoms with van der Waals surface area (Å²) < 4.78 is 0.818. The van der Waals surface area contributed by atoms with Crippen LogP contribution in [0, 0.1) is 0 Å². The molecule has 68 valence electrons. The SMILES string of the molecule is Oc1cc(CCl)c(Cl)c2ccsc12. The van der Waals surface area contributed by atoms with Gasteiger partial charge in [0.1, 0.15) is 5.75 Å². The van der Waals surface area contributed by atoms with Crippen molar-refractivity contribution in [3.05, 3.63) is 28.1 Å². The predicted octanol–water partition coefficient (Wildman–Crippen LogP) is 4.00. The Hall–Kier alpha value is -0.440. The van der Waals surface area contributed by atoms with Crippen LogP contribution >= 0.6 is 34.5 Å². The Bertz CT molecular complexity index is 450. The summed E-state index contributed by atoms with van der Waals surface area (Å²) in [7, 11) is 0. The maximum atomic E-state index is 9.59. The first kappa shape index (κ1) is 9.13. The van der Waals surface area contributed by atoms with Gasteiger partial charge in [0.2, 0.25) is 0 Å². The molecule has 1 N–H and O–H groups in total. The second kappa shape index (κ2) is 3.37. The number of phenols is 1. The number of phenolic OH excluding ortho intramolecular Hbond substituents is 1. The molecule has 0 aliphatic rings. The molecule has 0 aliphatic carbocycles. The van der Waals surface area contributed by atoms with Gasteiger partial charge in [0.25, 0.3) is 0 Å². The Morgan fingerprint density at radius 3 is 2.92 bits per heavy atom. The molecule has 1 heterocycles. The highest BCUT2D eigenvalue weighted by molar-refractivity contribution is 7.17. The molecule has 1 aromatic heterocycles. The smallest absolute Gasteiger partial charge is 0.133 e. The average molecular weight is 233 g/mol. The average Bonchev–Trinajstić information content (AvgIpc) is 2.60. The largest absolute Gasteiger partial charge is 0.506 e. The molecular formula is C9H6Cl2OS. The van der Waals surface area contributed by atoms with Crippen LogP contribution in [0.25, 0.3) is 10.1 Å². The summed E-state index contributed by atoms with van der Waals surface area (Å²) in [5, 5.41) is 13.0. The molecule has 2 aromatic rings. The number of alkyl halides is 1. The van der Waals surface area contributed by atoms with Gasteiger partial charge in [-0.05, 0) is 23.1 Å². The molecule has 0 saturated heterocycles. The second-order valence-corrected chi connectivity index (χ2v) is 4.23. The zero-order valence-corrected chi connectivity index (χ0v) is 8.88. The number of halogens is 2. The van der Waals surface area contributed by atoms with E-state index < -0.39 is 0 Å². The number of benzene rings is 1. The first-order valence-electron chi connectivity index (χ1n) is 3.67. The van der Waals surface area contributed by atoms with Gasteiger partial charge in [-0.2, -0.15) is 0 Å². The minimum atomic E-state index is 0.255. The minimum absolute atomic E-state index is 0.255. The molecule has 0 spiro atoms. The van der Waals surface area contributed by atoms with Crippen molar-refractivity contribution < 1.29 is 5.11 Å². The van der Waals surface area contributed by atoms with Crippen molar-refractivity contribution in [3.8, 4) is 5.75 Å². The van der Waals surface area contributed by atoms with Crippen LogP contribution in [0.4, 0.5) is 0 Å². The van der Waals surface area contributed by atoms with Crippen LogP contribution in [0.15, 0.2) is 17.5 Å². The van der Waals surface area contributed by atoms with Crippen molar-refractivity contribution in [1.29, 1.82) is 0 Å². The fraction of sp³-hybridized carbons (Fsp3) is 0.111. The van der Waals surface area contributed by atoms with Crippen LogP contribution < -0.4 is 0 Å². The van der Waals surface area contributed by atoms with Gasteiger partial charge in [0, 0.05) is 11.3 Å². The van der Waals surface area contributed by atoms with Gasteiger partial charge in [-0.15, -0.1) is 22.9 Å². The third-order valence-electron chi connectivity index (χ3n) is 1.87. The van der Waals surface area contributed by atoms with E-state index in [0.29, 0.717) is 10.9 Å². The molecule has 0 bridgehead atoms. The Morgan fingerprint density at radius 2 is 2.23 bits per heavy atom. The van der Waals surface area contributed by atoms with Crippen molar-refractivity contribution in [1.82, 2.24) is 0 Å². The maximum Gasteiger partial charge on any atom is 0.133 e. The van der Waals surface area contributed by atoms with E-state index in [2.05, 4.69) is 0 Å². The number of hydrogen-bond donors (Lipinski definition) is 1. The summed E-state index contributed by atoms with van der Waals surface area (Å²) in [6.07, 6.45) is 0. The Morgan fingerprint density at radius 1 is 1.46 bits per heavy atom. The summed E-state index contributed by atoms with van der Waals surface area (Å²) in [5.41, 5.74) is 0.770. The van der Waals surface area contributed by atoms with Crippen LogP contribution in [-0.2, 0) is 5.88 Å². The fourth-order valence-electron chi connectivity index (χ4n) is 1.24. The highest BCUT2D eigenvalue weighted by atomic mass is 35.5. The maximum absolute atomic E-state index is 9.59. The van der Waals surface area contributed by atoms with Crippen LogP contribution in [0.3, 0.4) is 0 Å². The molecule has 13 heavy (non-hydrogen) atoms. The van der Waals surface area contributed by atoms with E-state index in [0.717, 1.165) is 15.6 Å². The van der Waals surface area contributed by atoms with Gasteiger partial charge in [-0.25, -0.2) is 0 Å². The van der Waals surface area contributed by atoms with E-state index in [-0.39, 0.29) is 5.75 Å². The quantitative estimate of drug-likeness (QED) is 0.738. The van der Waals surface area contributed by atoms with Gasteiger partial charge in [0.15, 0.2) is 0 Å². The zero-order chi connectivity index (χ0) is 9.42. The van der Waals surface area contributed by atoms with E-state index >= 15 is 0 Å². The Kier molecular flexibility index (Phi) is 2.37. The van der Waals surface area contributed by atoms with Crippen molar-refractivity contribution in [3.63, 3.8) is 0 Å². The lowest BCUT2D eigenvalue weighted by molar-refractivity contribution is 0.482. The molecule has 0 saturated carbocycles. The number of rotatable bonds is 1. The van der Waals surface area contributed by atoms with Crippen molar-refractivity contribution >= 4 is 44.6 Å². The molecule has 0 amide bonds. The molecule has 0 unspecified atom stereocenters. The van der Waals surface area contributed by atoms with Gasteiger partial charge in [-0.3, -0.25) is 0 Å². The standard InChI is InChI=1S/C9H6Cl2OS/c10-4-5-3-7(12)9-6(8(5)11)1-2-13-9/h1-3,12H,4H2. The van der Waals surface area contributed by atoms with Crippen LogP contribution in [-0.4, -0.2) is 5.11 Å². The molecule has 0 fully saturated rings. The van der Waals surface area contributed by atoms with Crippen LogP contribution in [0.1, 0.15) is 5.56 Å². The number of fused-ring (bicyclic) bond motifs is 1. The number of thiophene rings is 1. The van der Waals surface area contributed by atoms with E-state index in [1.165, 1.54) is 11.3 Å². The Balaban J connectivity index is 2.85. The summed E-state index contributed by atoms with van der Waals surface area (Å²) in [4.78, 5) is 0. The first-order valence-corrected chi connectivity index (χ1v) is 5.46. The molecule has 4 heteroatoms. The molecule has 1 nitrogen and oxygen atoms in total. The molecule has 0 aliphatic heterocycles.